The second kappa shape index (κ2) is 2.44. The summed E-state index contributed by atoms with van der Waals surface area (Å²) in [6.07, 6.45) is 5.66. The standard InChI is InChI=1S/C9H15NS/c1-8-10(2)7-9(11-8)5-3-4-6-9/h1,3-7H2,2H3. The molecule has 1 nitrogen and oxygen atoms in total. The molecule has 1 heterocycles. The molecule has 62 valence electrons. The number of hydrogen-bond acceptors (Lipinski definition) is 2. The first kappa shape index (κ1) is 7.53. The lowest BCUT2D eigenvalue weighted by Crippen LogP contribution is -2.26. The molecule has 2 heteroatoms. The fourth-order valence-electron chi connectivity index (χ4n) is 2.16. The maximum absolute atomic E-state index is 4.04. The molecule has 2 fully saturated rings. The van der Waals surface area contributed by atoms with E-state index in [4.69, 9.17) is 0 Å². The minimum Gasteiger partial charge on any atom is -0.368 e. The van der Waals surface area contributed by atoms with Crippen molar-refractivity contribution in [2.24, 2.45) is 0 Å². The molecule has 0 atom stereocenters. The van der Waals surface area contributed by atoms with Crippen molar-refractivity contribution in [3.8, 4) is 0 Å². The van der Waals surface area contributed by atoms with Gasteiger partial charge in [-0.15, -0.1) is 11.8 Å². The fourth-order valence-corrected chi connectivity index (χ4v) is 3.63. The zero-order valence-electron chi connectivity index (χ0n) is 7.10. The monoisotopic (exact) mass is 169 g/mol. The molecular formula is C9H15NS. The molecule has 1 saturated carbocycles. The highest BCUT2D eigenvalue weighted by Crippen LogP contribution is 2.50. The van der Waals surface area contributed by atoms with Crippen LogP contribution in [0.15, 0.2) is 11.6 Å². The Balaban J connectivity index is 2.12. The normalized spacial score (nSPS) is 28.8. The van der Waals surface area contributed by atoms with E-state index in [0.29, 0.717) is 4.75 Å². The number of rotatable bonds is 0. The zero-order chi connectivity index (χ0) is 7.90. The molecule has 0 radical (unpaired) electrons. The zero-order valence-corrected chi connectivity index (χ0v) is 7.91. The molecule has 11 heavy (non-hydrogen) atoms. The van der Waals surface area contributed by atoms with Gasteiger partial charge in [-0.1, -0.05) is 19.4 Å². The first-order valence-corrected chi connectivity index (χ1v) is 5.13. The van der Waals surface area contributed by atoms with Crippen LogP contribution < -0.4 is 0 Å². The summed E-state index contributed by atoms with van der Waals surface area (Å²) in [6, 6.07) is 0. The van der Waals surface area contributed by atoms with E-state index in [1.54, 1.807) is 0 Å². The Labute approximate surface area is 72.8 Å². The maximum Gasteiger partial charge on any atom is 0.0638 e. The largest absolute Gasteiger partial charge is 0.368 e. The molecule has 1 spiro atoms. The van der Waals surface area contributed by atoms with Gasteiger partial charge in [0.15, 0.2) is 0 Å². The third-order valence-electron chi connectivity index (χ3n) is 2.80. The van der Waals surface area contributed by atoms with Gasteiger partial charge >= 0.3 is 0 Å². The molecule has 2 aliphatic rings. The molecule has 0 aromatic carbocycles. The molecule has 0 amide bonds. The molecule has 0 aromatic heterocycles. The Morgan fingerprint density at radius 1 is 1.45 bits per heavy atom. The number of hydrogen-bond donors (Lipinski definition) is 0. The third kappa shape index (κ3) is 1.18. The van der Waals surface area contributed by atoms with Gasteiger partial charge < -0.3 is 4.90 Å². The van der Waals surface area contributed by atoms with Gasteiger partial charge in [-0.2, -0.15) is 0 Å². The summed E-state index contributed by atoms with van der Waals surface area (Å²) in [4.78, 5) is 2.30. The number of nitrogens with zero attached hydrogens (tertiary/aromatic N) is 1. The Hall–Kier alpha value is -0.110. The van der Waals surface area contributed by atoms with E-state index in [0.717, 1.165) is 0 Å². The smallest absolute Gasteiger partial charge is 0.0638 e. The van der Waals surface area contributed by atoms with E-state index >= 15 is 0 Å². The van der Waals surface area contributed by atoms with Gasteiger partial charge in [-0.25, -0.2) is 0 Å². The molecule has 1 saturated heterocycles. The molecule has 0 unspecified atom stereocenters. The van der Waals surface area contributed by atoms with Crippen LogP contribution in [0.25, 0.3) is 0 Å². The second-order valence-corrected chi connectivity index (χ2v) is 5.28. The summed E-state index contributed by atoms with van der Waals surface area (Å²) in [5.74, 6) is 0. The highest BCUT2D eigenvalue weighted by molar-refractivity contribution is 8.04. The fraction of sp³-hybridized carbons (Fsp3) is 0.778. The van der Waals surface area contributed by atoms with Crippen molar-refractivity contribution >= 4 is 11.8 Å². The maximum atomic E-state index is 4.04. The molecule has 0 N–H and O–H groups in total. The van der Waals surface area contributed by atoms with Gasteiger partial charge in [0, 0.05) is 18.3 Å². The van der Waals surface area contributed by atoms with Crippen LogP contribution in [0.2, 0.25) is 0 Å². The van der Waals surface area contributed by atoms with Crippen LogP contribution in [-0.2, 0) is 0 Å². The van der Waals surface area contributed by atoms with Crippen LogP contribution in [0.5, 0.6) is 0 Å². The summed E-state index contributed by atoms with van der Waals surface area (Å²) >= 11 is 2.02. The quantitative estimate of drug-likeness (QED) is 0.548. The van der Waals surface area contributed by atoms with E-state index < -0.39 is 0 Å². The van der Waals surface area contributed by atoms with Crippen molar-refractivity contribution in [3.05, 3.63) is 11.6 Å². The number of thioether (sulfide) groups is 1. The summed E-state index contributed by atoms with van der Waals surface area (Å²) in [6.45, 7) is 5.28. The molecular weight excluding hydrogens is 154 g/mol. The van der Waals surface area contributed by atoms with Crippen molar-refractivity contribution in [2.45, 2.75) is 30.4 Å². The van der Waals surface area contributed by atoms with E-state index in [2.05, 4.69) is 18.5 Å². The first-order valence-electron chi connectivity index (χ1n) is 4.31. The van der Waals surface area contributed by atoms with Crippen LogP contribution in [0, 0.1) is 0 Å². The average Bonchev–Trinajstić information content (AvgIpc) is 2.46. The Kier molecular flexibility index (Phi) is 1.67. The molecule has 1 aliphatic carbocycles. The highest BCUT2D eigenvalue weighted by atomic mass is 32.2. The van der Waals surface area contributed by atoms with Gasteiger partial charge in [0.1, 0.15) is 0 Å². The van der Waals surface area contributed by atoms with Crippen LogP contribution in [0.1, 0.15) is 25.7 Å². The molecule has 2 rings (SSSR count). The summed E-state index contributed by atoms with van der Waals surface area (Å²) in [5.41, 5.74) is 0. The van der Waals surface area contributed by atoms with Gasteiger partial charge in [-0.05, 0) is 12.8 Å². The van der Waals surface area contributed by atoms with Crippen molar-refractivity contribution in [2.75, 3.05) is 13.6 Å². The predicted molar refractivity (Wildman–Crippen MR) is 50.6 cm³/mol. The van der Waals surface area contributed by atoms with E-state index in [-0.39, 0.29) is 0 Å². The molecule has 0 bridgehead atoms. The van der Waals surface area contributed by atoms with Gasteiger partial charge in [0.25, 0.3) is 0 Å². The lowest BCUT2D eigenvalue weighted by molar-refractivity contribution is 0.406. The van der Waals surface area contributed by atoms with Gasteiger partial charge in [-0.3, -0.25) is 0 Å². The summed E-state index contributed by atoms with van der Waals surface area (Å²) in [7, 11) is 2.16. The van der Waals surface area contributed by atoms with Crippen molar-refractivity contribution in [3.63, 3.8) is 0 Å². The van der Waals surface area contributed by atoms with Gasteiger partial charge in [0.2, 0.25) is 0 Å². The predicted octanol–water partition coefficient (Wildman–Crippen LogP) is 2.45. The van der Waals surface area contributed by atoms with Crippen LogP contribution in [0.3, 0.4) is 0 Å². The first-order chi connectivity index (χ1) is 5.22. The van der Waals surface area contributed by atoms with Gasteiger partial charge in [0.05, 0.1) is 5.03 Å². The highest BCUT2D eigenvalue weighted by Gasteiger charge is 2.41. The summed E-state index contributed by atoms with van der Waals surface area (Å²) < 4.78 is 0.575. The second-order valence-electron chi connectivity index (χ2n) is 3.74. The van der Waals surface area contributed by atoms with Crippen molar-refractivity contribution in [1.29, 1.82) is 0 Å². The third-order valence-corrected chi connectivity index (χ3v) is 4.32. The minimum atomic E-state index is 0.575. The van der Waals surface area contributed by atoms with Crippen molar-refractivity contribution in [1.82, 2.24) is 4.90 Å². The Morgan fingerprint density at radius 3 is 2.55 bits per heavy atom. The SMILES string of the molecule is C=C1SC2(CCCC2)CN1C. The summed E-state index contributed by atoms with van der Waals surface area (Å²) in [5, 5.41) is 1.27. The molecule has 0 aromatic rings. The lowest BCUT2D eigenvalue weighted by Gasteiger charge is -2.19. The minimum absolute atomic E-state index is 0.575. The lowest BCUT2D eigenvalue weighted by atomic mass is 10.1. The topological polar surface area (TPSA) is 3.24 Å². The van der Waals surface area contributed by atoms with Crippen LogP contribution >= 0.6 is 11.8 Å². The van der Waals surface area contributed by atoms with E-state index in [1.165, 1.54) is 37.3 Å². The average molecular weight is 169 g/mol. The van der Waals surface area contributed by atoms with Crippen LogP contribution in [-0.4, -0.2) is 23.2 Å². The van der Waals surface area contributed by atoms with Crippen LogP contribution in [0.4, 0.5) is 0 Å². The Morgan fingerprint density at radius 2 is 2.09 bits per heavy atom. The Bertz CT molecular complexity index is 182. The van der Waals surface area contributed by atoms with E-state index in [9.17, 15) is 0 Å². The van der Waals surface area contributed by atoms with Crippen molar-refractivity contribution < 1.29 is 0 Å². The molecule has 1 aliphatic heterocycles. The van der Waals surface area contributed by atoms with E-state index in [1.807, 2.05) is 11.8 Å².